The molecule has 0 aliphatic carbocycles. The SMILES string of the molecule is CCNC(=NCCc1cc2ccccc2o1)NC(C)Cc1c(C)nn(C)c1C.I. The second-order valence-electron chi connectivity index (χ2n) is 7.28. The molecule has 0 aliphatic heterocycles. The number of nitrogens with zero attached hydrogens (tertiary/aromatic N) is 3. The van der Waals surface area contributed by atoms with Gasteiger partial charge in [0.25, 0.3) is 0 Å². The molecule has 2 aromatic heterocycles. The maximum absolute atomic E-state index is 5.88. The van der Waals surface area contributed by atoms with Crippen LogP contribution in [0, 0.1) is 13.8 Å². The minimum atomic E-state index is 0. The first-order chi connectivity index (χ1) is 13.5. The van der Waals surface area contributed by atoms with Gasteiger partial charge < -0.3 is 15.1 Å². The second-order valence-corrected chi connectivity index (χ2v) is 7.28. The zero-order valence-corrected chi connectivity index (χ0v) is 20.3. The van der Waals surface area contributed by atoms with Crippen LogP contribution in [0.2, 0.25) is 0 Å². The Labute approximate surface area is 190 Å². The first kappa shape index (κ1) is 23.3. The third-order valence-corrected chi connectivity index (χ3v) is 5.00. The molecule has 0 spiro atoms. The van der Waals surface area contributed by atoms with E-state index in [2.05, 4.69) is 55.6 Å². The van der Waals surface area contributed by atoms with Crippen molar-refractivity contribution in [2.45, 2.75) is 46.6 Å². The van der Waals surface area contributed by atoms with Crippen LogP contribution in [0.15, 0.2) is 39.7 Å². The van der Waals surface area contributed by atoms with Gasteiger partial charge in [-0.3, -0.25) is 9.67 Å². The molecule has 0 aliphatic rings. The number of halogens is 1. The number of aromatic nitrogens is 2. The van der Waals surface area contributed by atoms with Crippen LogP contribution in [0.5, 0.6) is 0 Å². The van der Waals surface area contributed by atoms with Crippen molar-refractivity contribution in [1.29, 1.82) is 0 Å². The van der Waals surface area contributed by atoms with E-state index < -0.39 is 0 Å². The maximum atomic E-state index is 5.88. The van der Waals surface area contributed by atoms with Gasteiger partial charge in [-0.25, -0.2) is 0 Å². The molecule has 158 valence electrons. The summed E-state index contributed by atoms with van der Waals surface area (Å²) < 4.78 is 7.83. The minimum Gasteiger partial charge on any atom is -0.461 e. The molecule has 6 nitrogen and oxygen atoms in total. The highest BCUT2D eigenvalue weighted by molar-refractivity contribution is 14.0. The average Bonchev–Trinajstić information content (AvgIpc) is 3.17. The summed E-state index contributed by atoms with van der Waals surface area (Å²) in [5.41, 5.74) is 4.56. The molecule has 1 atom stereocenters. The van der Waals surface area contributed by atoms with Crippen molar-refractivity contribution < 1.29 is 4.42 Å². The Morgan fingerprint density at radius 3 is 2.69 bits per heavy atom. The van der Waals surface area contributed by atoms with Gasteiger partial charge in [-0.15, -0.1) is 24.0 Å². The molecule has 29 heavy (non-hydrogen) atoms. The van der Waals surface area contributed by atoms with Crippen molar-refractivity contribution in [2.75, 3.05) is 13.1 Å². The van der Waals surface area contributed by atoms with Crippen molar-refractivity contribution in [1.82, 2.24) is 20.4 Å². The first-order valence-electron chi connectivity index (χ1n) is 9.99. The van der Waals surface area contributed by atoms with Crippen LogP contribution in [0.1, 0.15) is 36.6 Å². The second kappa shape index (κ2) is 10.7. The average molecular weight is 509 g/mol. The normalized spacial score (nSPS) is 12.7. The molecule has 0 radical (unpaired) electrons. The van der Waals surface area contributed by atoms with Crippen LogP contribution in [0.25, 0.3) is 11.0 Å². The molecule has 3 aromatic rings. The predicted octanol–water partition coefficient (Wildman–Crippen LogP) is 4.13. The summed E-state index contributed by atoms with van der Waals surface area (Å²) in [6.45, 7) is 9.95. The van der Waals surface area contributed by atoms with Crippen molar-refractivity contribution in [3.8, 4) is 0 Å². The van der Waals surface area contributed by atoms with Crippen molar-refractivity contribution in [3.63, 3.8) is 0 Å². The number of aliphatic imine (C=N–C) groups is 1. The molecular weight excluding hydrogens is 477 g/mol. The van der Waals surface area contributed by atoms with Crippen LogP contribution in [0.4, 0.5) is 0 Å². The summed E-state index contributed by atoms with van der Waals surface area (Å²) in [6.07, 6.45) is 1.69. The smallest absolute Gasteiger partial charge is 0.191 e. The predicted molar refractivity (Wildman–Crippen MR) is 130 cm³/mol. The summed E-state index contributed by atoms with van der Waals surface area (Å²) in [7, 11) is 1.99. The highest BCUT2D eigenvalue weighted by Crippen LogP contribution is 2.19. The van der Waals surface area contributed by atoms with Gasteiger partial charge in [-0.1, -0.05) is 18.2 Å². The molecule has 0 amide bonds. The highest BCUT2D eigenvalue weighted by Gasteiger charge is 2.14. The Kier molecular flexibility index (Phi) is 8.55. The third kappa shape index (κ3) is 5.98. The van der Waals surface area contributed by atoms with E-state index in [0.717, 1.165) is 47.8 Å². The van der Waals surface area contributed by atoms with Gasteiger partial charge in [0, 0.05) is 43.7 Å². The molecule has 1 unspecified atom stereocenters. The number of nitrogens with one attached hydrogen (secondary N) is 2. The fourth-order valence-electron chi connectivity index (χ4n) is 3.46. The van der Waals surface area contributed by atoms with Crippen molar-refractivity contribution in [2.24, 2.45) is 12.0 Å². The summed E-state index contributed by atoms with van der Waals surface area (Å²) in [5, 5.41) is 12.5. The lowest BCUT2D eigenvalue weighted by Crippen LogP contribution is -2.43. The van der Waals surface area contributed by atoms with E-state index in [4.69, 9.17) is 9.41 Å². The molecule has 0 bridgehead atoms. The van der Waals surface area contributed by atoms with Gasteiger partial charge in [0.05, 0.1) is 5.69 Å². The van der Waals surface area contributed by atoms with Crippen molar-refractivity contribution >= 4 is 40.9 Å². The van der Waals surface area contributed by atoms with E-state index in [1.54, 1.807) is 0 Å². The van der Waals surface area contributed by atoms with Gasteiger partial charge in [-0.05, 0) is 51.8 Å². The van der Waals surface area contributed by atoms with Gasteiger partial charge in [0.1, 0.15) is 11.3 Å². The molecule has 0 saturated carbocycles. The summed E-state index contributed by atoms with van der Waals surface area (Å²) in [5.74, 6) is 1.81. The number of hydrogen-bond donors (Lipinski definition) is 2. The number of aryl methyl sites for hydroxylation is 2. The number of rotatable bonds is 7. The van der Waals surface area contributed by atoms with Crippen LogP contribution in [-0.2, 0) is 19.9 Å². The van der Waals surface area contributed by atoms with E-state index >= 15 is 0 Å². The molecular formula is C22H32IN5O. The van der Waals surface area contributed by atoms with E-state index in [9.17, 15) is 0 Å². The molecule has 2 heterocycles. The number of furan rings is 1. The largest absolute Gasteiger partial charge is 0.461 e. The summed E-state index contributed by atoms with van der Waals surface area (Å²) in [6, 6.07) is 10.4. The number of fused-ring (bicyclic) bond motifs is 1. The van der Waals surface area contributed by atoms with Gasteiger partial charge >= 0.3 is 0 Å². The van der Waals surface area contributed by atoms with E-state index in [1.165, 1.54) is 11.3 Å². The van der Waals surface area contributed by atoms with Crippen molar-refractivity contribution in [3.05, 3.63) is 53.0 Å². The standard InChI is InChI=1S/C22H31N5O.HI/c1-6-23-22(25-15(2)13-20-16(3)26-27(5)17(20)4)24-12-11-19-14-18-9-7-8-10-21(18)28-19;/h7-10,14-15H,6,11-13H2,1-5H3,(H2,23,24,25);1H. The van der Waals surface area contributed by atoms with E-state index in [-0.39, 0.29) is 30.0 Å². The topological polar surface area (TPSA) is 67.4 Å². The van der Waals surface area contributed by atoms with Crippen LogP contribution < -0.4 is 10.6 Å². The summed E-state index contributed by atoms with van der Waals surface area (Å²) >= 11 is 0. The quantitative estimate of drug-likeness (QED) is 0.286. The van der Waals surface area contributed by atoms with Crippen LogP contribution in [0.3, 0.4) is 0 Å². The lowest BCUT2D eigenvalue weighted by Gasteiger charge is -2.18. The Morgan fingerprint density at radius 2 is 2.03 bits per heavy atom. The third-order valence-electron chi connectivity index (χ3n) is 5.00. The number of hydrogen-bond acceptors (Lipinski definition) is 3. The molecule has 0 fully saturated rings. The molecule has 7 heteroatoms. The Morgan fingerprint density at radius 1 is 1.28 bits per heavy atom. The highest BCUT2D eigenvalue weighted by atomic mass is 127. The molecule has 3 rings (SSSR count). The van der Waals surface area contributed by atoms with Crippen LogP contribution >= 0.6 is 24.0 Å². The fraction of sp³-hybridized carbons (Fsp3) is 0.455. The Bertz CT molecular complexity index is 926. The summed E-state index contributed by atoms with van der Waals surface area (Å²) in [4.78, 5) is 4.72. The fourth-order valence-corrected chi connectivity index (χ4v) is 3.46. The zero-order valence-electron chi connectivity index (χ0n) is 18.0. The minimum absolute atomic E-state index is 0. The number of benzene rings is 1. The lowest BCUT2D eigenvalue weighted by molar-refractivity contribution is 0.549. The van der Waals surface area contributed by atoms with Crippen LogP contribution in [-0.4, -0.2) is 34.9 Å². The number of guanidine groups is 1. The van der Waals surface area contributed by atoms with E-state index in [1.807, 2.05) is 29.9 Å². The van der Waals surface area contributed by atoms with Gasteiger partial charge in [0.15, 0.2) is 5.96 Å². The molecule has 0 saturated heterocycles. The maximum Gasteiger partial charge on any atom is 0.191 e. The first-order valence-corrected chi connectivity index (χ1v) is 9.99. The molecule has 1 aromatic carbocycles. The zero-order chi connectivity index (χ0) is 20.1. The number of para-hydroxylation sites is 1. The van der Waals surface area contributed by atoms with Gasteiger partial charge in [-0.2, -0.15) is 5.10 Å². The Balaban J connectivity index is 0.00000300. The van der Waals surface area contributed by atoms with Gasteiger partial charge in [0.2, 0.25) is 0 Å². The lowest BCUT2D eigenvalue weighted by atomic mass is 10.1. The Hall–Kier alpha value is -2.03. The van der Waals surface area contributed by atoms with E-state index in [0.29, 0.717) is 6.54 Å². The molecule has 2 N–H and O–H groups in total. The monoisotopic (exact) mass is 509 g/mol.